The van der Waals surface area contributed by atoms with Gasteiger partial charge in [-0.25, -0.2) is 19.3 Å². The number of halogens is 1. The van der Waals surface area contributed by atoms with Crippen LogP contribution in [0.25, 0.3) is 39.5 Å². The van der Waals surface area contributed by atoms with Crippen molar-refractivity contribution in [2.45, 2.75) is 45.5 Å². The molecule has 5 rings (SSSR count). The van der Waals surface area contributed by atoms with Crippen molar-refractivity contribution in [2.75, 3.05) is 5.73 Å². The fraction of sp³-hybridized carbons (Fsp3) is 0.241. The monoisotopic (exact) mass is 526 g/mol. The quantitative estimate of drug-likeness (QED) is 0.245. The Balaban J connectivity index is 1.61. The van der Waals surface area contributed by atoms with Crippen LogP contribution in [-0.2, 0) is 11.0 Å². The van der Waals surface area contributed by atoms with Gasteiger partial charge in [-0.1, -0.05) is 32.9 Å². The van der Waals surface area contributed by atoms with E-state index in [4.69, 9.17) is 20.1 Å². The lowest BCUT2D eigenvalue weighted by molar-refractivity contribution is 0.276. The average Bonchev–Trinajstić information content (AvgIpc) is 3.26. The number of hydrogen-bond donors (Lipinski definition) is 1. The third-order valence-electron chi connectivity index (χ3n) is 7.23. The molecule has 194 valence electrons. The number of fused-ring (bicyclic) bond motifs is 1. The van der Waals surface area contributed by atoms with Gasteiger partial charge in [0.1, 0.15) is 17.2 Å². The van der Waals surface area contributed by atoms with Crippen LogP contribution >= 0.6 is 0 Å². The van der Waals surface area contributed by atoms with E-state index in [0.29, 0.717) is 46.2 Å². The fourth-order valence-corrected chi connectivity index (χ4v) is 4.89. The molecule has 5 aromatic rings. The fourth-order valence-electron chi connectivity index (χ4n) is 3.93. The number of pyridine rings is 3. The molecule has 0 spiro atoms. The molecule has 2 N–H and O–H groups in total. The Morgan fingerprint density at radius 3 is 2.39 bits per heavy atom. The van der Waals surface area contributed by atoms with Crippen LogP contribution in [-0.4, -0.2) is 32.8 Å². The van der Waals surface area contributed by atoms with Gasteiger partial charge in [-0.2, -0.15) is 0 Å². The lowest BCUT2D eigenvalue weighted by atomic mass is 10.2. The lowest BCUT2D eigenvalue weighted by Gasteiger charge is -2.36. The molecule has 9 heteroatoms. The van der Waals surface area contributed by atoms with E-state index >= 15 is 0 Å². The molecular weight excluding hydrogens is 495 g/mol. The Morgan fingerprint density at radius 1 is 0.947 bits per heavy atom. The Hall–Kier alpha value is -3.95. The smallest absolute Gasteiger partial charge is 0.192 e. The molecule has 0 saturated carbocycles. The summed E-state index contributed by atoms with van der Waals surface area (Å²) >= 11 is 0. The van der Waals surface area contributed by atoms with E-state index in [1.807, 2.05) is 34.9 Å². The maximum atomic E-state index is 14.6. The summed E-state index contributed by atoms with van der Waals surface area (Å²) in [5, 5.41) is 0.137. The van der Waals surface area contributed by atoms with E-state index in [-0.39, 0.29) is 10.9 Å². The summed E-state index contributed by atoms with van der Waals surface area (Å²) in [4.78, 5) is 18.0. The van der Waals surface area contributed by atoms with Gasteiger partial charge < -0.3 is 10.2 Å². The van der Waals surface area contributed by atoms with Gasteiger partial charge in [0.25, 0.3) is 0 Å². The molecule has 0 amide bonds. The third-order valence-corrected chi connectivity index (χ3v) is 11.7. The largest absolute Gasteiger partial charge is 0.413 e. The first-order valence-electron chi connectivity index (χ1n) is 12.5. The molecule has 0 fully saturated rings. The molecule has 0 bridgehead atoms. The molecule has 0 aliphatic carbocycles. The molecule has 0 aliphatic rings. The Kier molecular flexibility index (Phi) is 6.58. The summed E-state index contributed by atoms with van der Waals surface area (Å²) in [5.41, 5.74) is 10.9. The van der Waals surface area contributed by atoms with Crippen molar-refractivity contribution < 1.29 is 8.82 Å². The third kappa shape index (κ3) is 4.82. The van der Waals surface area contributed by atoms with Crippen LogP contribution in [0.4, 0.5) is 10.2 Å². The molecule has 4 heterocycles. The lowest BCUT2D eigenvalue weighted by Crippen LogP contribution is -2.40. The van der Waals surface area contributed by atoms with Gasteiger partial charge in [-0.15, -0.1) is 0 Å². The number of nitrogens with two attached hydrogens (primary N) is 1. The van der Waals surface area contributed by atoms with Crippen LogP contribution in [0, 0.1) is 5.82 Å². The minimum atomic E-state index is -1.88. The molecule has 1 aromatic carbocycles. The summed E-state index contributed by atoms with van der Waals surface area (Å²) in [7, 11) is -1.88. The highest BCUT2D eigenvalue weighted by Crippen LogP contribution is 2.37. The Labute approximate surface area is 222 Å². The number of rotatable bonds is 6. The number of benzene rings is 1. The van der Waals surface area contributed by atoms with Crippen molar-refractivity contribution in [3.05, 3.63) is 84.6 Å². The van der Waals surface area contributed by atoms with Crippen molar-refractivity contribution in [1.82, 2.24) is 24.5 Å². The number of imidazole rings is 1. The Bertz CT molecular complexity index is 1610. The summed E-state index contributed by atoms with van der Waals surface area (Å²) in [6, 6.07) is 16.7. The van der Waals surface area contributed by atoms with E-state index in [2.05, 4.69) is 56.0 Å². The van der Waals surface area contributed by atoms with E-state index in [1.54, 1.807) is 12.3 Å². The van der Waals surface area contributed by atoms with Gasteiger partial charge in [-0.3, -0.25) is 9.55 Å². The summed E-state index contributed by atoms with van der Waals surface area (Å²) in [6.07, 6.45) is 4.53. The molecule has 0 atom stereocenters. The van der Waals surface area contributed by atoms with Crippen molar-refractivity contribution in [2.24, 2.45) is 0 Å². The molecule has 7 nitrogen and oxygen atoms in total. The number of nitrogen functional groups attached to an aromatic ring is 1. The van der Waals surface area contributed by atoms with Crippen molar-refractivity contribution >= 4 is 25.3 Å². The maximum absolute atomic E-state index is 14.6. The highest BCUT2D eigenvalue weighted by molar-refractivity contribution is 6.74. The average molecular weight is 527 g/mol. The zero-order valence-corrected chi connectivity index (χ0v) is 23.2. The van der Waals surface area contributed by atoms with E-state index in [9.17, 15) is 4.39 Å². The standard InChI is InChI=1S/C29H31FN6OSi/c1-29(2,3)38(4,5)37-18-19-8-10-20(11-9-19)36-27(21-7-6-15-33-26(21)31)35-25-13-12-24(34-28(25)36)22-17-32-16-14-23(22)30/h6-17H,18H2,1-5H3,(H2,31,33). The molecule has 0 aliphatic heterocycles. The van der Waals surface area contributed by atoms with Crippen LogP contribution in [0.1, 0.15) is 26.3 Å². The normalized spacial score (nSPS) is 12.3. The molecule has 0 saturated heterocycles. The highest BCUT2D eigenvalue weighted by atomic mass is 28.4. The summed E-state index contributed by atoms with van der Waals surface area (Å²) in [6.45, 7) is 11.7. The topological polar surface area (TPSA) is 91.7 Å². The predicted octanol–water partition coefficient (Wildman–Crippen LogP) is 6.79. The Morgan fingerprint density at radius 2 is 1.71 bits per heavy atom. The van der Waals surface area contributed by atoms with Crippen LogP contribution in [0.3, 0.4) is 0 Å². The van der Waals surface area contributed by atoms with Crippen molar-refractivity contribution in [3.8, 4) is 28.3 Å². The van der Waals surface area contributed by atoms with E-state index in [0.717, 1.165) is 11.3 Å². The number of aromatic nitrogens is 5. The first kappa shape index (κ1) is 25.7. The molecule has 4 aromatic heterocycles. The van der Waals surface area contributed by atoms with Crippen LogP contribution in [0.15, 0.2) is 73.2 Å². The van der Waals surface area contributed by atoms with Gasteiger partial charge in [0.2, 0.25) is 0 Å². The highest BCUT2D eigenvalue weighted by Gasteiger charge is 2.37. The number of anilines is 1. The number of nitrogens with zero attached hydrogens (tertiary/aromatic N) is 5. The van der Waals surface area contributed by atoms with E-state index < -0.39 is 8.32 Å². The van der Waals surface area contributed by atoms with Gasteiger partial charge in [-0.05, 0) is 66.2 Å². The molecular formula is C29H31FN6OSi. The van der Waals surface area contributed by atoms with Gasteiger partial charge in [0.05, 0.1) is 23.4 Å². The van der Waals surface area contributed by atoms with Gasteiger partial charge >= 0.3 is 0 Å². The SMILES string of the molecule is CC(C)(C)[Si](C)(C)OCc1ccc(-n2c(-c3cccnc3N)nc3ccc(-c4cnccc4F)nc32)cc1. The molecule has 0 unspecified atom stereocenters. The first-order valence-corrected chi connectivity index (χ1v) is 15.4. The predicted molar refractivity (Wildman–Crippen MR) is 152 cm³/mol. The van der Waals surface area contributed by atoms with Gasteiger partial charge in [0.15, 0.2) is 19.8 Å². The zero-order valence-electron chi connectivity index (χ0n) is 22.2. The van der Waals surface area contributed by atoms with Crippen LogP contribution < -0.4 is 5.73 Å². The second kappa shape index (κ2) is 9.73. The number of hydrogen-bond acceptors (Lipinski definition) is 6. The summed E-state index contributed by atoms with van der Waals surface area (Å²) in [5.74, 6) is 0.579. The maximum Gasteiger partial charge on any atom is 0.192 e. The molecule has 0 radical (unpaired) electrons. The zero-order chi connectivity index (χ0) is 27.1. The molecule has 38 heavy (non-hydrogen) atoms. The minimum Gasteiger partial charge on any atom is -0.413 e. The van der Waals surface area contributed by atoms with Crippen LogP contribution in [0.2, 0.25) is 18.1 Å². The van der Waals surface area contributed by atoms with Crippen molar-refractivity contribution in [1.29, 1.82) is 0 Å². The minimum absolute atomic E-state index is 0.137. The van der Waals surface area contributed by atoms with Gasteiger partial charge in [0, 0.05) is 24.3 Å². The summed E-state index contributed by atoms with van der Waals surface area (Å²) < 4.78 is 22.9. The van der Waals surface area contributed by atoms with E-state index in [1.165, 1.54) is 18.5 Å². The second-order valence-corrected chi connectivity index (χ2v) is 15.6. The van der Waals surface area contributed by atoms with Crippen LogP contribution in [0.5, 0.6) is 0 Å². The van der Waals surface area contributed by atoms with Crippen molar-refractivity contribution in [3.63, 3.8) is 0 Å². The first-order chi connectivity index (χ1) is 18.0. The second-order valence-electron chi connectivity index (χ2n) is 10.8.